The van der Waals surface area contributed by atoms with Crippen molar-refractivity contribution in [2.75, 3.05) is 33.5 Å². The number of sulfonamides is 1. The van der Waals surface area contributed by atoms with Crippen molar-refractivity contribution < 1.29 is 22.7 Å². The molecule has 1 aromatic carbocycles. The molecule has 0 spiro atoms. The molecule has 1 amide bonds. The predicted octanol–water partition coefficient (Wildman–Crippen LogP) is 1.55. The van der Waals surface area contributed by atoms with Crippen LogP contribution in [0.2, 0.25) is 0 Å². The van der Waals surface area contributed by atoms with Gasteiger partial charge in [-0.25, -0.2) is 13.1 Å². The molecule has 25 heavy (non-hydrogen) atoms. The number of ether oxygens (including phenoxy) is 2. The van der Waals surface area contributed by atoms with Crippen molar-refractivity contribution in [1.82, 2.24) is 10.0 Å². The largest absolute Gasteiger partial charge is 0.382 e. The quantitative estimate of drug-likeness (QED) is 0.543. The summed E-state index contributed by atoms with van der Waals surface area (Å²) in [6, 6.07) is 5.76. The van der Waals surface area contributed by atoms with Crippen molar-refractivity contribution in [3.05, 3.63) is 29.8 Å². The molecule has 0 aliphatic heterocycles. The number of amides is 1. The maximum Gasteiger partial charge on any atom is 0.251 e. The van der Waals surface area contributed by atoms with E-state index in [1.54, 1.807) is 14.0 Å². The molecule has 0 heterocycles. The Morgan fingerprint density at radius 1 is 1.16 bits per heavy atom. The summed E-state index contributed by atoms with van der Waals surface area (Å²) in [4.78, 5) is 12.2. The number of carbonyl (C=O) groups is 1. The van der Waals surface area contributed by atoms with Crippen LogP contribution in [0, 0.1) is 0 Å². The lowest BCUT2D eigenvalue weighted by Gasteiger charge is -2.12. The van der Waals surface area contributed by atoms with Gasteiger partial charge in [0.25, 0.3) is 5.91 Å². The Balaban J connectivity index is 2.46. The zero-order valence-corrected chi connectivity index (χ0v) is 15.9. The molecular formula is C17H28N2O5S. The second kappa shape index (κ2) is 11.2. The van der Waals surface area contributed by atoms with Crippen LogP contribution < -0.4 is 10.0 Å². The smallest absolute Gasteiger partial charge is 0.251 e. The van der Waals surface area contributed by atoms with Gasteiger partial charge < -0.3 is 14.8 Å². The van der Waals surface area contributed by atoms with Gasteiger partial charge in [-0.2, -0.15) is 0 Å². The average Bonchev–Trinajstić information content (AvgIpc) is 2.60. The van der Waals surface area contributed by atoms with E-state index in [0.29, 0.717) is 44.8 Å². The number of carbonyl (C=O) groups excluding carboxylic acids is 1. The van der Waals surface area contributed by atoms with Gasteiger partial charge in [0, 0.05) is 31.9 Å². The highest BCUT2D eigenvalue weighted by atomic mass is 32.2. The molecule has 0 fully saturated rings. The van der Waals surface area contributed by atoms with Crippen molar-refractivity contribution in [3.8, 4) is 0 Å². The number of rotatable bonds is 12. The summed E-state index contributed by atoms with van der Waals surface area (Å²) in [5, 5.41) is 2.77. The number of hydrogen-bond donors (Lipinski definition) is 2. The molecule has 0 aromatic heterocycles. The van der Waals surface area contributed by atoms with E-state index in [9.17, 15) is 13.2 Å². The molecule has 0 bridgehead atoms. The van der Waals surface area contributed by atoms with E-state index in [1.807, 2.05) is 6.92 Å². The average molecular weight is 372 g/mol. The first kappa shape index (κ1) is 21.6. The zero-order chi connectivity index (χ0) is 18.7. The summed E-state index contributed by atoms with van der Waals surface area (Å²) in [6.07, 6.45) is 1.40. The van der Waals surface area contributed by atoms with E-state index in [0.717, 1.165) is 0 Å². The Kier molecular flexibility index (Phi) is 9.66. The summed E-state index contributed by atoms with van der Waals surface area (Å²) in [6.45, 7) is 5.82. The van der Waals surface area contributed by atoms with Crippen molar-refractivity contribution in [2.45, 2.75) is 37.6 Å². The Labute approximate surface area is 150 Å². The van der Waals surface area contributed by atoms with E-state index in [2.05, 4.69) is 10.0 Å². The van der Waals surface area contributed by atoms with Gasteiger partial charge in [0.1, 0.15) is 0 Å². The van der Waals surface area contributed by atoms with Crippen LogP contribution in [-0.4, -0.2) is 53.8 Å². The SMILES string of the molecule is CCC(C)NS(=O)(=O)c1ccc(C(=O)NCCCOCCOC)cc1. The van der Waals surface area contributed by atoms with Crippen LogP contribution in [0.1, 0.15) is 37.0 Å². The van der Waals surface area contributed by atoms with Gasteiger partial charge in [0.15, 0.2) is 0 Å². The third-order valence-corrected chi connectivity index (χ3v) is 5.18. The second-order valence-corrected chi connectivity index (χ2v) is 7.38. The summed E-state index contributed by atoms with van der Waals surface area (Å²) >= 11 is 0. The summed E-state index contributed by atoms with van der Waals surface area (Å²) in [5.74, 6) is -0.240. The molecule has 0 saturated heterocycles. The van der Waals surface area contributed by atoms with Crippen LogP contribution >= 0.6 is 0 Å². The minimum absolute atomic E-state index is 0.140. The van der Waals surface area contributed by atoms with Crippen molar-refractivity contribution >= 4 is 15.9 Å². The molecule has 0 saturated carbocycles. The first-order chi connectivity index (χ1) is 11.9. The number of benzene rings is 1. The summed E-state index contributed by atoms with van der Waals surface area (Å²) < 4.78 is 37.1. The van der Waals surface area contributed by atoms with Crippen LogP contribution in [0.15, 0.2) is 29.2 Å². The Morgan fingerprint density at radius 2 is 1.84 bits per heavy atom. The minimum Gasteiger partial charge on any atom is -0.382 e. The molecule has 7 nitrogen and oxygen atoms in total. The molecule has 1 rings (SSSR count). The highest BCUT2D eigenvalue weighted by Crippen LogP contribution is 2.11. The highest BCUT2D eigenvalue weighted by Gasteiger charge is 2.17. The molecule has 1 unspecified atom stereocenters. The lowest BCUT2D eigenvalue weighted by atomic mass is 10.2. The number of hydrogen-bond acceptors (Lipinski definition) is 5. The predicted molar refractivity (Wildman–Crippen MR) is 96.2 cm³/mol. The monoisotopic (exact) mass is 372 g/mol. The van der Waals surface area contributed by atoms with Crippen molar-refractivity contribution in [1.29, 1.82) is 0 Å². The standard InChI is InChI=1S/C17H28N2O5S/c1-4-14(2)19-25(21,22)16-8-6-15(7-9-16)17(20)18-10-5-11-24-13-12-23-3/h6-9,14,19H,4-5,10-13H2,1-3H3,(H,18,20). The van der Waals surface area contributed by atoms with E-state index in [4.69, 9.17) is 9.47 Å². The lowest BCUT2D eigenvalue weighted by Crippen LogP contribution is -2.32. The first-order valence-electron chi connectivity index (χ1n) is 8.38. The zero-order valence-electron chi connectivity index (χ0n) is 15.1. The molecule has 0 radical (unpaired) electrons. The van der Waals surface area contributed by atoms with Gasteiger partial charge >= 0.3 is 0 Å². The third-order valence-electron chi connectivity index (χ3n) is 3.58. The van der Waals surface area contributed by atoms with Gasteiger partial charge in [0.2, 0.25) is 10.0 Å². The first-order valence-corrected chi connectivity index (χ1v) is 9.86. The van der Waals surface area contributed by atoms with Crippen molar-refractivity contribution in [3.63, 3.8) is 0 Å². The van der Waals surface area contributed by atoms with Crippen LogP contribution in [-0.2, 0) is 19.5 Å². The molecule has 2 N–H and O–H groups in total. The van der Waals surface area contributed by atoms with Crippen LogP contribution in [0.3, 0.4) is 0 Å². The molecule has 142 valence electrons. The van der Waals surface area contributed by atoms with Gasteiger partial charge in [-0.15, -0.1) is 0 Å². The number of methoxy groups -OCH3 is 1. The molecule has 1 aromatic rings. The second-order valence-electron chi connectivity index (χ2n) is 5.67. The molecule has 1 atom stereocenters. The van der Waals surface area contributed by atoms with Gasteiger partial charge in [0.05, 0.1) is 18.1 Å². The topological polar surface area (TPSA) is 93.7 Å². The Bertz CT molecular complexity index is 616. The summed E-state index contributed by atoms with van der Waals surface area (Å²) in [5.41, 5.74) is 0.419. The van der Waals surface area contributed by atoms with E-state index < -0.39 is 10.0 Å². The maximum atomic E-state index is 12.2. The lowest BCUT2D eigenvalue weighted by molar-refractivity contribution is 0.0688. The van der Waals surface area contributed by atoms with Gasteiger partial charge in [-0.05, 0) is 44.0 Å². The Hall–Kier alpha value is -1.48. The van der Waals surface area contributed by atoms with E-state index in [-0.39, 0.29) is 16.8 Å². The third kappa shape index (κ3) is 7.96. The minimum atomic E-state index is -3.55. The fourth-order valence-corrected chi connectivity index (χ4v) is 3.25. The molecular weight excluding hydrogens is 344 g/mol. The van der Waals surface area contributed by atoms with E-state index in [1.165, 1.54) is 24.3 Å². The van der Waals surface area contributed by atoms with Gasteiger partial charge in [-0.3, -0.25) is 4.79 Å². The van der Waals surface area contributed by atoms with Crippen LogP contribution in [0.25, 0.3) is 0 Å². The molecule has 8 heteroatoms. The number of nitrogens with one attached hydrogen (secondary N) is 2. The fourth-order valence-electron chi connectivity index (χ4n) is 1.92. The van der Waals surface area contributed by atoms with Crippen LogP contribution in [0.5, 0.6) is 0 Å². The normalized spacial score (nSPS) is 12.8. The Morgan fingerprint density at radius 3 is 2.44 bits per heavy atom. The maximum absolute atomic E-state index is 12.2. The van der Waals surface area contributed by atoms with Crippen LogP contribution in [0.4, 0.5) is 0 Å². The molecule has 0 aliphatic carbocycles. The van der Waals surface area contributed by atoms with E-state index >= 15 is 0 Å². The fraction of sp³-hybridized carbons (Fsp3) is 0.588. The molecule has 0 aliphatic rings. The van der Waals surface area contributed by atoms with Crippen molar-refractivity contribution in [2.24, 2.45) is 0 Å². The van der Waals surface area contributed by atoms with Gasteiger partial charge in [-0.1, -0.05) is 6.92 Å². The highest BCUT2D eigenvalue weighted by molar-refractivity contribution is 7.89. The summed E-state index contributed by atoms with van der Waals surface area (Å²) in [7, 11) is -1.94.